The van der Waals surface area contributed by atoms with Crippen LogP contribution in [0.5, 0.6) is 0 Å². The summed E-state index contributed by atoms with van der Waals surface area (Å²) in [5.74, 6) is 0. The number of hydrogen-bond donors (Lipinski definition) is 2. The van der Waals surface area contributed by atoms with Crippen molar-refractivity contribution in [2.24, 2.45) is 5.73 Å². The number of hydrogen-bond acceptors (Lipinski definition) is 4. The molecule has 0 fully saturated rings. The fraction of sp³-hybridized carbons (Fsp3) is 0.200. The van der Waals surface area contributed by atoms with Crippen LogP contribution in [0, 0.1) is 10.1 Å². The van der Waals surface area contributed by atoms with Gasteiger partial charge in [0.1, 0.15) is 0 Å². The average molecular weight is 309 g/mol. The van der Waals surface area contributed by atoms with Gasteiger partial charge in [0, 0.05) is 18.6 Å². The zero-order valence-electron chi connectivity index (χ0n) is 11.3. The minimum atomic E-state index is -0.792. The van der Waals surface area contributed by atoms with E-state index in [0.717, 1.165) is 5.56 Å². The van der Waals surface area contributed by atoms with Gasteiger partial charge in [-0.15, -0.1) is 12.4 Å². The monoisotopic (exact) mass is 308 g/mol. The van der Waals surface area contributed by atoms with Gasteiger partial charge in [0.2, 0.25) is 0 Å². The molecular weight excluding hydrogens is 292 g/mol. The van der Waals surface area contributed by atoms with E-state index in [1.807, 2.05) is 30.3 Å². The van der Waals surface area contributed by atoms with Gasteiger partial charge in [0.25, 0.3) is 5.69 Å². The maximum absolute atomic E-state index is 10.7. The molecule has 5 nitrogen and oxygen atoms in total. The van der Waals surface area contributed by atoms with Crippen molar-refractivity contribution < 1.29 is 10.0 Å². The molecule has 2 atom stereocenters. The number of aliphatic hydroxyl groups is 1. The van der Waals surface area contributed by atoms with E-state index in [1.165, 1.54) is 12.1 Å². The standard InChI is InChI=1S/C15H16N2O3.ClH/c16-15(12-7-4-8-13(10-12)17(19)20)14(18)9-11-5-2-1-3-6-11;/h1-8,10,14-15,18H,9,16H2;1H/t14-,15+;/m0./s1. The molecule has 0 saturated carbocycles. The van der Waals surface area contributed by atoms with E-state index >= 15 is 0 Å². The predicted molar refractivity (Wildman–Crippen MR) is 83.4 cm³/mol. The minimum Gasteiger partial charge on any atom is -0.391 e. The van der Waals surface area contributed by atoms with Crippen LogP contribution in [0.3, 0.4) is 0 Å². The molecule has 0 radical (unpaired) electrons. The molecule has 0 aromatic heterocycles. The number of aliphatic hydroxyl groups excluding tert-OH is 1. The molecular formula is C15H17ClN2O3. The first-order valence-corrected chi connectivity index (χ1v) is 6.30. The lowest BCUT2D eigenvalue weighted by Gasteiger charge is -2.19. The number of benzene rings is 2. The fourth-order valence-electron chi connectivity index (χ4n) is 2.05. The average Bonchev–Trinajstić information content (AvgIpc) is 2.47. The highest BCUT2D eigenvalue weighted by Crippen LogP contribution is 2.21. The first kappa shape index (κ1) is 17.1. The van der Waals surface area contributed by atoms with Gasteiger partial charge < -0.3 is 10.8 Å². The van der Waals surface area contributed by atoms with Crippen LogP contribution in [-0.4, -0.2) is 16.1 Å². The van der Waals surface area contributed by atoms with Crippen molar-refractivity contribution in [2.45, 2.75) is 18.6 Å². The second kappa shape index (κ2) is 7.73. The minimum absolute atomic E-state index is 0. The third-order valence-corrected chi connectivity index (χ3v) is 3.17. The van der Waals surface area contributed by atoms with Crippen LogP contribution in [0.1, 0.15) is 17.2 Å². The predicted octanol–water partition coefficient (Wildman–Crippen LogP) is 2.62. The second-order valence-corrected chi connectivity index (χ2v) is 4.63. The molecule has 0 aliphatic carbocycles. The summed E-state index contributed by atoms with van der Waals surface area (Å²) in [7, 11) is 0. The summed E-state index contributed by atoms with van der Waals surface area (Å²) in [5, 5.41) is 20.9. The summed E-state index contributed by atoms with van der Waals surface area (Å²) >= 11 is 0. The van der Waals surface area contributed by atoms with Crippen LogP contribution in [0.2, 0.25) is 0 Å². The van der Waals surface area contributed by atoms with Crippen molar-refractivity contribution in [1.82, 2.24) is 0 Å². The summed E-state index contributed by atoms with van der Waals surface area (Å²) in [4.78, 5) is 10.3. The molecule has 0 amide bonds. The number of nitrogens with two attached hydrogens (primary N) is 1. The summed E-state index contributed by atoms with van der Waals surface area (Å²) < 4.78 is 0. The van der Waals surface area contributed by atoms with Gasteiger partial charge >= 0.3 is 0 Å². The zero-order chi connectivity index (χ0) is 14.5. The molecule has 0 unspecified atom stereocenters. The molecule has 2 rings (SSSR count). The Balaban J connectivity index is 0.00000220. The summed E-state index contributed by atoms with van der Waals surface area (Å²) in [6.07, 6.45) is -0.385. The van der Waals surface area contributed by atoms with Crippen molar-refractivity contribution in [3.8, 4) is 0 Å². The Morgan fingerprint density at radius 2 is 1.81 bits per heavy atom. The van der Waals surface area contributed by atoms with E-state index in [2.05, 4.69) is 0 Å². The van der Waals surface area contributed by atoms with Crippen LogP contribution in [0.25, 0.3) is 0 Å². The van der Waals surface area contributed by atoms with Gasteiger partial charge in [0.05, 0.1) is 17.1 Å². The smallest absolute Gasteiger partial charge is 0.269 e. The highest BCUT2D eigenvalue weighted by Gasteiger charge is 2.19. The quantitative estimate of drug-likeness (QED) is 0.656. The Kier molecular flexibility index (Phi) is 6.30. The van der Waals surface area contributed by atoms with Crippen LogP contribution >= 0.6 is 12.4 Å². The Labute approximate surface area is 129 Å². The van der Waals surface area contributed by atoms with E-state index in [4.69, 9.17) is 5.73 Å². The van der Waals surface area contributed by atoms with Gasteiger partial charge in [-0.25, -0.2) is 0 Å². The number of non-ortho nitro benzene ring substituents is 1. The lowest BCUT2D eigenvalue weighted by molar-refractivity contribution is -0.384. The first-order chi connectivity index (χ1) is 9.58. The van der Waals surface area contributed by atoms with Gasteiger partial charge in [-0.2, -0.15) is 0 Å². The molecule has 2 aromatic rings. The van der Waals surface area contributed by atoms with Crippen molar-refractivity contribution in [3.63, 3.8) is 0 Å². The Hall–Kier alpha value is -1.95. The lowest BCUT2D eigenvalue weighted by atomic mass is 9.96. The van der Waals surface area contributed by atoms with E-state index in [9.17, 15) is 15.2 Å². The highest BCUT2D eigenvalue weighted by molar-refractivity contribution is 5.85. The number of halogens is 1. The van der Waals surface area contributed by atoms with Gasteiger partial charge in [-0.05, 0) is 11.1 Å². The lowest BCUT2D eigenvalue weighted by Crippen LogP contribution is -2.28. The molecule has 2 aromatic carbocycles. The highest BCUT2D eigenvalue weighted by atomic mass is 35.5. The summed E-state index contributed by atoms with van der Waals surface area (Å²) in [6, 6.07) is 14.9. The fourth-order valence-corrected chi connectivity index (χ4v) is 2.05. The van der Waals surface area contributed by atoms with E-state index in [1.54, 1.807) is 12.1 Å². The summed E-state index contributed by atoms with van der Waals surface area (Å²) in [5.41, 5.74) is 7.49. The molecule has 3 N–H and O–H groups in total. The van der Waals surface area contributed by atoms with Crippen molar-refractivity contribution in [3.05, 3.63) is 75.8 Å². The van der Waals surface area contributed by atoms with Gasteiger partial charge in [0.15, 0.2) is 0 Å². The Morgan fingerprint density at radius 3 is 2.43 bits per heavy atom. The van der Waals surface area contributed by atoms with E-state index in [0.29, 0.717) is 12.0 Å². The van der Waals surface area contributed by atoms with Crippen LogP contribution in [0.4, 0.5) is 5.69 Å². The third kappa shape index (κ3) is 4.53. The second-order valence-electron chi connectivity index (χ2n) is 4.63. The zero-order valence-corrected chi connectivity index (χ0v) is 12.1. The van der Waals surface area contributed by atoms with E-state index < -0.39 is 17.1 Å². The number of nitro benzene ring substituents is 1. The molecule has 0 aliphatic rings. The van der Waals surface area contributed by atoms with Crippen LogP contribution in [0.15, 0.2) is 54.6 Å². The van der Waals surface area contributed by atoms with Gasteiger partial charge in [-0.3, -0.25) is 10.1 Å². The molecule has 0 aliphatic heterocycles. The topological polar surface area (TPSA) is 89.4 Å². The SMILES string of the molecule is Cl.N[C@H](c1cccc([N+](=O)[O-])c1)[C@@H](O)Cc1ccccc1. The molecule has 0 bridgehead atoms. The first-order valence-electron chi connectivity index (χ1n) is 6.30. The third-order valence-electron chi connectivity index (χ3n) is 3.17. The largest absolute Gasteiger partial charge is 0.391 e. The van der Waals surface area contributed by atoms with E-state index in [-0.39, 0.29) is 18.1 Å². The Morgan fingerprint density at radius 1 is 1.14 bits per heavy atom. The number of nitrogens with zero attached hydrogens (tertiary/aromatic N) is 1. The maximum Gasteiger partial charge on any atom is 0.269 e. The normalized spacial score (nSPS) is 13.0. The molecule has 0 heterocycles. The molecule has 112 valence electrons. The maximum atomic E-state index is 10.7. The molecule has 6 heteroatoms. The number of rotatable bonds is 5. The van der Waals surface area contributed by atoms with Crippen LogP contribution < -0.4 is 5.73 Å². The van der Waals surface area contributed by atoms with Crippen LogP contribution in [-0.2, 0) is 6.42 Å². The van der Waals surface area contributed by atoms with Crippen molar-refractivity contribution in [2.75, 3.05) is 0 Å². The molecule has 0 spiro atoms. The number of nitro groups is 1. The van der Waals surface area contributed by atoms with Crippen molar-refractivity contribution in [1.29, 1.82) is 0 Å². The molecule has 0 saturated heterocycles. The summed E-state index contributed by atoms with van der Waals surface area (Å²) in [6.45, 7) is 0. The molecule has 21 heavy (non-hydrogen) atoms. The Bertz CT molecular complexity index is 592. The van der Waals surface area contributed by atoms with Crippen molar-refractivity contribution >= 4 is 18.1 Å². The van der Waals surface area contributed by atoms with Gasteiger partial charge in [-0.1, -0.05) is 42.5 Å².